The van der Waals surface area contributed by atoms with Gasteiger partial charge in [-0.25, -0.2) is 0 Å². The molecule has 4 unspecified atom stereocenters. The number of hydrogen-bond acceptors (Lipinski definition) is 3. The minimum Gasteiger partial charge on any atom is -0.484 e. The van der Waals surface area contributed by atoms with Gasteiger partial charge in [0.1, 0.15) is 6.10 Å². The maximum atomic E-state index is 10.3. The molecule has 2 saturated carbocycles. The molecule has 3 rings (SSSR count). The molecule has 1 aromatic rings. The van der Waals surface area contributed by atoms with Crippen LogP contribution < -0.4 is 4.74 Å². The second kappa shape index (κ2) is 5.53. The summed E-state index contributed by atoms with van der Waals surface area (Å²) >= 11 is 0. The summed E-state index contributed by atoms with van der Waals surface area (Å²) in [6, 6.07) is 0. The summed E-state index contributed by atoms with van der Waals surface area (Å²) in [5.74, 6) is 2.70. The van der Waals surface area contributed by atoms with Gasteiger partial charge in [0.2, 0.25) is 0 Å². The highest BCUT2D eigenvalue weighted by Crippen LogP contribution is 2.46. The van der Waals surface area contributed by atoms with Gasteiger partial charge in [-0.1, -0.05) is 19.3 Å². The van der Waals surface area contributed by atoms with Gasteiger partial charge in [-0.2, -0.15) is 5.10 Å². The lowest BCUT2D eigenvalue weighted by Crippen LogP contribution is -2.32. The van der Waals surface area contributed by atoms with Crippen LogP contribution in [0.3, 0.4) is 0 Å². The van der Waals surface area contributed by atoms with Crippen molar-refractivity contribution in [3.05, 3.63) is 12.4 Å². The number of fused-ring (bicyclic) bond motifs is 1. The quantitative estimate of drug-likeness (QED) is 0.893. The number of aromatic nitrogens is 2. The third kappa shape index (κ3) is 3.30. The average Bonchev–Trinajstić information content (AvgIpc) is 3.00. The molecule has 2 aliphatic carbocycles. The van der Waals surface area contributed by atoms with Crippen LogP contribution in [0.15, 0.2) is 12.4 Å². The third-order valence-electron chi connectivity index (χ3n) is 4.61. The summed E-state index contributed by atoms with van der Waals surface area (Å²) < 4.78 is 7.67. The van der Waals surface area contributed by atoms with Crippen LogP contribution >= 0.6 is 0 Å². The van der Waals surface area contributed by atoms with Crippen LogP contribution in [0.1, 0.15) is 44.9 Å². The molecular formula is C15H24N2O2. The molecule has 106 valence electrons. The molecule has 0 bridgehead atoms. The molecule has 0 spiro atoms. The first kappa shape index (κ1) is 13.0. The van der Waals surface area contributed by atoms with Gasteiger partial charge in [-0.15, -0.1) is 0 Å². The van der Waals surface area contributed by atoms with Crippen molar-refractivity contribution in [1.82, 2.24) is 9.78 Å². The predicted molar refractivity (Wildman–Crippen MR) is 72.9 cm³/mol. The molecule has 4 heteroatoms. The second-order valence-corrected chi connectivity index (χ2v) is 6.19. The Balaban J connectivity index is 1.59. The molecule has 0 aromatic carbocycles. The van der Waals surface area contributed by atoms with Crippen molar-refractivity contribution in [3.8, 4) is 5.75 Å². The molecule has 1 heterocycles. The molecular weight excluding hydrogens is 240 g/mol. The van der Waals surface area contributed by atoms with Crippen molar-refractivity contribution in [2.24, 2.45) is 18.9 Å². The van der Waals surface area contributed by atoms with E-state index in [0.29, 0.717) is 0 Å². The molecule has 2 fully saturated rings. The van der Waals surface area contributed by atoms with E-state index < -0.39 is 0 Å². The zero-order chi connectivity index (χ0) is 13.2. The number of aliphatic hydroxyl groups is 1. The van der Waals surface area contributed by atoms with Gasteiger partial charge >= 0.3 is 0 Å². The van der Waals surface area contributed by atoms with Crippen molar-refractivity contribution in [2.45, 2.75) is 57.2 Å². The monoisotopic (exact) mass is 264 g/mol. The number of nitrogens with zero attached hydrogens (tertiary/aromatic N) is 2. The van der Waals surface area contributed by atoms with E-state index >= 15 is 0 Å². The Bertz CT molecular complexity index is 418. The lowest BCUT2D eigenvalue weighted by atomic mass is 9.97. The van der Waals surface area contributed by atoms with Crippen LogP contribution in [-0.2, 0) is 7.05 Å². The molecule has 0 saturated heterocycles. The van der Waals surface area contributed by atoms with Crippen molar-refractivity contribution < 1.29 is 9.84 Å². The fourth-order valence-corrected chi connectivity index (χ4v) is 3.34. The summed E-state index contributed by atoms with van der Waals surface area (Å²) in [5, 5.41) is 14.4. The summed E-state index contributed by atoms with van der Waals surface area (Å²) in [6.07, 6.45) is 11.3. The first-order chi connectivity index (χ1) is 9.22. The molecule has 1 aromatic heterocycles. The van der Waals surface area contributed by atoms with Crippen LogP contribution in [-0.4, -0.2) is 27.1 Å². The normalized spacial score (nSPS) is 35.5. The SMILES string of the molecule is Cn1cc(OC2CCCC3CC3CCCC2O)cn1. The summed E-state index contributed by atoms with van der Waals surface area (Å²) in [7, 11) is 1.88. The van der Waals surface area contributed by atoms with Crippen LogP contribution in [0.2, 0.25) is 0 Å². The Morgan fingerprint density at radius 1 is 1.21 bits per heavy atom. The van der Waals surface area contributed by atoms with Gasteiger partial charge < -0.3 is 9.84 Å². The van der Waals surface area contributed by atoms with E-state index in [1.54, 1.807) is 10.9 Å². The van der Waals surface area contributed by atoms with Gasteiger partial charge in [0.05, 0.1) is 18.5 Å². The van der Waals surface area contributed by atoms with Gasteiger partial charge in [0.15, 0.2) is 5.75 Å². The zero-order valence-electron chi connectivity index (χ0n) is 11.7. The Morgan fingerprint density at radius 2 is 1.95 bits per heavy atom. The molecule has 1 N–H and O–H groups in total. The third-order valence-corrected chi connectivity index (χ3v) is 4.61. The molecule has 2 aliphatic rings. The van der Waals surface area contributed by atoms with E-state index in [2.05, 4.69) is 5.10 Å². The van der Waals surface area contributed by atoms with Crippen molar-refractivity contribution in [2.75, 3.05) is 0 Å². The highest BCUT2D eigenvalue weighted by molar-refractivity contribution is 5.12. The maximum absolute atomic E-state index is 10.3. The summed E-state index contributed by atoms with van der Waals surface area (Å²) in [4.78, 5) is 0. The van der Waals surface area contributed by atoms with Crippen LogP contribution in [0.25, 0.3) is 0 Å². The Kier molecular flexibility index (Phi) is 3.78. The molecule has 0 amide bonds. The van der Waals surface area contributed by atoms with Crippen molar-refractivity contribution in [1.29, 1.82) is 0 Å². The number of ether oxygens (including phenoxy) is 1. The maximum Gasteiger partial charge on any atom is 0.157 e. The Hall–Kier alpha value is -1.03. The van der Waals surface area contributed by atoms with Crippen molar-refractivity contribution >= 4 is 0 Å². The highest BCUT2D eigenvalue weighted by Gasteiger charge is 2.37. The molecule has 0 aliphatic heterocycles. The van der Waals surface area contributed by atoms with E-state index in [1.807, 2.05) is 13.2 Å². The van der Waals surface area contributed by atoms with E-state index in [-0.39, 0.29) is 12.2 Å². The highest BCUT2D eigenvalue weighted by atomic mass is 16.5. The first-order valence-electron chi connectivity index (χ1n) is 7.56. The fraction of sp³-hybridized carbons (Fsp3) is 0.800. The minimum absolute atomic E-state index is 0.0699. The molecule has 19 heavy (non-hydrogen) atoms. The van der Waals surface area contributed by atoms with Crippen LogP contribution in [0.4, 0.5) is 0 Å². The lowest BCUT2D eigenvalue weighted by molar-refractivity contribution is 0.0216. The number of rotatable bonds is 2. The number of aliphatic hydroxyl groups excluding tert-OH is 1. The summed E-state index contributed by atoms with van der Waals surface area (Å²) in [5.41, 5.74) is 0. The second-order valence-electron chi connectivity index (χ2n) is 6.19. The predicted octanol–water partition coefficient (Wildman–Crippen LogP) is 2.52. The zero-order valence-corrected chi connectivity index (χ0v) is 11.7. The molecule has 4 nitrogen and oxygen atoms in total. The molecule has 4 atom stereocenters. The van der Waals surface area contributed by atoms with Crippen LogP contribution in [0.5, 0.6) is 5.75 Å². The standard InChI is InChI=1S/C15H24N2O2/c1-17-10-13(9-16-17)19-15-7-3-5-12-8-11(12)4-2-6-14(15)18/h9-12,14-15,18H,2-8H2,1H3. The Morgan fingerprint density at radius 3 is 2.63 bits per heavy atom. The van der Waals surface area contributed by atoms with Crippen LogP contribution in [0, 0.1) is 11.8 Å². The number of hydrogen-bond donors (Lipinski definition) is 1. The molecule has 0 radical (unpaired) electrons. The first-order valence-corrected chi connectivity index (χ1v) is 7.56. The minimum atomic E-state index is -0.337. The lowest BCUT2D eigenvalue weighted by Gasteiger charge is -2.24. The van der Waals surface area contributed by atoms with E-state index in [1.165, 1.54) is 25.7 Å². The van der Waals surface area contributed by atoms with Gasteiger partial charge in [-0.3, -0.25) is 4.68 Å². The van der Waals surface area contributed by atoms with Gasteiger partial charge in [0, 0.05) is 7.05 Å². The largest absolute Gasteiger partial charge is 0.484 e. The number of aryl methyl sites for hydroxylation is 1. The van der Waals surface area contributed by atoms with Crippen molar-refractivity contribution in [3.63, 3.8) is 0 Å². The smallest absolute Gasteiger partial charge is 0.157 e. The average molecular weight is 264 g/mol. The van der Waals surface area contributed by atoms with E-state index in [0.717, 1.165) is 36.8 Å². The topological polar surface area (TPSA) is 47.3 Å². The van der Waals surface area contributed by atoms with E-state index in [9.17, 15) is 5.11 Å². The fourth-order valence-electron chi connectivity index (χ4n) is 3.34. The Labute approximate surface area is 114 Å². The van der Waals surface area contributed by atoms with E-state index in [4.69, 9.17) is 4.74 Å². The van der Waals surface area contributed by atoms with Gasteiger partial charge in [-0.05, 0) is 37.5 Å². The van der Waals surface area contributed by atoms with Gasteiger partial charge in [0.25, 0.3) is 0 Å². The summed E-state index contributed by atoms with van der Waals surface area (Å²) in [6.45, 7) is 0.